The number of amides is 1. The molecule has 1 fully saturated rings. The molecule has 1 unspecified atom stereocenters. The normalized spacial score (nSPS) is 19.8. The summed E-state index contributed by atoms with van der Waals surface area (Å²) in [6.45, 7) is 1.66. The van der Waals surface area contributed by atoms with Crippen molar-refractivity contribution in [1.29, 1.82) is 0 Å². The highest BCUT2D eigenvalue weighted by Crippen LogP contribution is 2.29. The van der Waals surface area contributed by atoms with Crippen LogP contribution >= 0.6 is 11.3 Å². The van der Waals surface area contributed by atoms with Crippen LogP contribution in [0.1, 0.15) is 28.3 Å². The minimum absolute atomic E-state index is 0.0801. The molecule has 0 N–H and O–H groups in total. The molecule has 0 saturated carbocycles. The van der Waals surface area contributed by atoms with Gasteiger partial charge in [0, 0.05) is 19.0 Å². The zero-order chi connectivity index (χ0) is 11.7. The lowest BCUT2D eigenvalue weighted by atomic mass is 10.0. The highest BCUT2D eigenvalue weighted by molar-refractivity contribution is 7.07. The number of rotatable bonds is 2. The maximum atomic E-state index is 12.1. The number of carbonyl (C=O) groups excluding carboxylic acids is 1. The molecule has 1 saturated heterocycles. The number of likely N-dealkylation sites (tertiary alicyclic amines) is 1. The lowest BCUT2D eigenvalue weighted by Crippen LogP contribution is -2.28. The maximum Gasteiger partial charge on any atom is 0.257 e. The fraction of sp³-hybridized carbons (Fsp3) is 0.308. The van der Waals surface area contributed by atoms with Crippen molar-refractivity contribution >= 4 is 17.2 Å². The van der Waals surface area contributed by atoms with Crippen LogP contribution in [0.25, 0.3) is 0 Å². The Morgan fingerprint density at radius 1 is 1.47 bits per heavy atom. The first-order valence-electron chi connectivity index (χ1n) is 5.68. The second kappa shape index (κ2) is 4.37. The van der Waals surface area contributed by atoms with E-state index < -0.39 is 0 Å². The smallest absolute Gasteiger partial charge is 0.257 e. The molecule has 0 aliphatic carbocycles. The van der Waals surface area contributed by atoms with Crippen molar-refractivity contribution in [3.63, 3.8) is 0 Å². The number of nitrogens with zero attached hydrogens (tertiary/aromatic N) is 1. The van der Waals surface area contributed by atoms with Crippen molar-refractivity contribution in [3.8, 4) is 0 Å². The third-order valence-electron chi connectivity index (χ3n) is 3.26. The van der Waals surface area contributed by atoms with Gasteiger partial charge in [0.1, 0.15) is 6.26 Å². The topological polar surface area (TPSA) is 33.5 Å². The van der Waals surface area contributed by atoms with Gasteiger partial charge in [-0.05, 0) is 34.9 Å². The Morgan fingerprint density at radius 3 is 3.12 bits per heavy atom. The molecule has 2 aromatic heterocycles. The van der Waals surface area contributed by atoms with Crippen molar-refractivity contribution in [1.82, 2.24) is 4.90 Å². The minimum atomic E-state index is 0.0801. The van der Waals surface area contributed by atoms with Crippen LogP contribution in [0.5, 0.6) is 0 Å². The molecule has 1 atom stereocenters. The average Bonchev–Trinajstić information content (AvgIpc) is 3.09. The van der Waals surface area contributed by atoms with E-state index in [4.69, 9.17) is 4.42 Å². The number of thiophene rings is 1. The molecular formula is C13H13NO2S. The highest BCUT2D eigenvalue weighted by Gasteiger charge is 2.28. The number of hydrogen-bond donors (Lipinski definition) is 0. The van der Waals surface area contributed by atoms with Gasteiger partial charge in [-0.1, -0.05) is 0 Å². The van der Waals surface area contributed by atoms with E-state index in [9.17, 15) is 4.79 Å². The minimum Gasteiger partial charge on any atom is -0.472 e. The summed E-state index contributed by atoms with van der Waals surface area (Å²) in [5.74, 6) is 0.577. The highest BCUT2D eigenvalue weighted by atomic mass is 32.1. The molecule has 3 heterocycles. The van der Waals surface area contributed by atoms with Crippen molar-refractivity contribution in [2.45, 2.75) is 12.3 Å². The Bertz CT molecular complexity index is 489. The van der Waals surface area contributed by atoms with Crippen molar-refractivity contribution in [2.24, 2.45) is 0 Å². The predicted octanol–water partition coefficient (Wildman–Crippen LogP) is 2.97. The molecule has 1 aliphatic rings. The summed E-state index contributed by atoms with van der Waals surface area (Å²) in [5.41, 5.74) is 2.01. The number of furan rings is 1. The number of hydrogen-bond acceptors (Lipinski definition) is 3. The van der Waals surface area contributed by atoms with Gasteiger partial charge in [0.05, 0.1) is 11.8 Å². The standard InChI is InChI=1S/C13H13NO2S/c15-13(11-2-5-16-8-11)14-4-1-10(7-14)12-3-6-17-9-12/h2-3,5-6,8-10H,1,4,7H2. The summed E-state index contributed by atoms with van der Waals surface area (Å²) in [6.07, 6.45) is 4.11. The van der Waals surface area contributed by atoms with E-state index in [0.29, 0.717) is 11.5 Å². The Kier molecular flexibility index (Phi) is 2.73. The molecule has 88 valence electrons. The second-order valence-corrected chi connectivity index (χ2v) is 5.09. The molecule has 4 heteroatoms. The largest absolute Gasteiger partial charge is 0.472 e. The van der Waals surface area contributed by atoms with E-state index in [1.165, 1.54) is 11.8 Å². The van der Waals surface area contributed by atoms with Crippen LogP contribution in [-0.4, -0.2) is 23.9 Å². The van der Waals surface area contributed by atoms with Crippen LogP contribution in [0.15, 0.2) is 39.8 Å². The van der Waals surface area contributed by atoms with Gasteiger partial charge in [0.15, 0.2) is 0 Å². The first-order valence-corrected chi connectivity index (χ1v) is 6.62. The Morgan fingerprint density at radius 2 is 2.41 bits per heavy atom. The van der Waals surface area contributed by atoms with E-state index in [2.05, 4.69) is 16.8 Å². The number of carbonyl (C=O) groups is 1. The second-order valence-electron chi connectivity index (χ2n) is 4.31. The summed E-state index contributed by atoms with van der Waals surface area (Å²) in [6, 6.07) is 3.88. The molecule has 1 amide bonds. The molecule has 3 nitrogen and oxygen atoms in total. The van der Waals surface area contributed by atoms with Gasteiger partial charge in [0.25, 0.3) is 5.91 Å². The molecule has 0 aromatic carbocycles. The molecule has 0 spiro atoms. The third kappa shape index (κ3) is 2.00. The van der Waals surface area contributed by atoms with Gasteiger partial charge >= 0.3 is 0 Å². The molecule has 17 heavy (non-hydrogen) atoms. The monoisotopic (exact) mass is 247 g/mol. The average molecular weight is 247 g/mol. The van der Waals surface area contributed by atoms with Crippen LogP contribution in [0.3, 0.4) is 0 Å². The molecule has 2 aromatic rings. The quantitative estimate of drug-likeness (QED) is 0.817. The van der Waals surface area contributed by atoms with E-state index in [-0.39, 0.29) is 5.91 Å². The first-order chi connectivity index (χ1) is 8.34. The van der Waals surface area contributed by atoms with E-state index in [0.717, 1.165) is 19.5 Å². The zero-order valence-corrected chi connectivity index (χ0v) is 10.2. The van der Waals surface area contributed by atoms with E-state index >= 15 is 0 Å². The van der Waals surface area contributed by atoms with Gasteiger partial charge in [0.2, 0.25) is 0 Å². The van der Waals surface area contributed by atoms with Gasteiger partial charge in [-0.25, -0.2) is 0 Å². The molecule has 3 rings (SSSR count). The Hall–Kier alpha value is -1.55. The fourth-order valence-corrected chi connectivity index (χ4v) is 3.04. The fourth-order valence-electron chi connectivity index (χ4n) is 2.29. The van der Waals surface area contributed by atoms with Gasteiger partial charge in [-0.15, -0.1) is 0 Å². The third-order valence-corrected chi connectivity index (χ3v) is 3.96. The molecule has 0 radical (unpaired) electrons. The predicted molar refractivity (Wildman–Crippen MR) is 66.3 cm³/mol. The molecule has 1 aliphatic heterocycles. The summed E-state index contributed by atoms with van der Waals surface area (Å²) >= 11 is 1.72. The first kappa shape index (κ1) is 10.6. The van der Waals surface area contributed by atoms with Crippen molar-refractivity contribution in [3.05, 3.63) is 46.5 Å². The van der Waals surface area contributed by atoms with Gasteiger partial charge < -0.3 is 9.32 Å². The van der Waals surface area contributed by atoms with E-state index in [1.54, 1.807) is 23.7 Å². The van der Waals surface area contributed by atoms with Crippen molar-refractivity contribution < 1.29 is 9.21 Å². The summed E-state index contributed by atoms with van der Waals surface area (Å²) in [7, 11) is 0. The van der Waals surface area contributed by atoms with E-state index in [1.807, 2.05) is 4.90 Å². The van der Waals surface area contributed by atoms with Crippen LogP contribution in [0, 0.1) is 0 Å². The molecular weight excluding hydrogens is 234 g/mol. The summed E-state index contributed by atoms with van der Waals surface area (Å²) in [5, 5.41) is 4.27. The van der Waals surface area contributed by atoms with Gasteiger partial charge in [-0.3, -0.25) is 4.79 Å². The van der Waals surface area contributed by atoms with Gasteiger partial charge in [-0.2, -0.15) is 11.3 Å². The lowest BCUT2D eigenvalue weighted by Gasteiger charge is -2.15. The maximum absolute atomic E-state index is 12.1. The Balaban J connectivity index is 1.70. The lowest BCUT2D eigenvalue weighted by molar-refractivity contribution is 0.0790. The SMILES string of the molecule is O=C(c1ccoc1)N1CCC(c2ccsc2)C1. The van der Waals surface area contributed by atoms with Crippen LogP contribution in [-0.2, 0) is 0 Å². The van der Waals surface area contributed by atoms with Crippen LogP contribution < -0.4 is 0 Å². The van der Waals surface area contributed by atoms with Crippen LogP contribution in [0.4, 0.5) is 0 Å². The summed E-state index contributed by atoms with van der Waals surface area (Å²) in [4.78, 5) is 14.0. The summed E-state index contributed by atoms with van der Waals surface area (Å²) < 4.78 is 4.95. The Labute approximate surface area is 104 Å². The van der Waals surface area contributed by atoms with Crippen LogP contribution in [0.2, 0.25) is 0 Å². The molecule has 0 bridgehead atoms. The van der Waals surface area contributed by atoms with Crippen molar-refractivity contribution in [2.75, 3.05) is 13.1 Å². The zero-order valence-electron chi connectivity index (χ0n) is 9.33.